The van der Waals surface area contributed by atoms with E-state index in [9.17, 15) is 0 Å². The molecule has 1 aliphatic heterocycles. The molecule has 0 aromatic heterocycles. The van der Waals surface area contributed by atoms with E-state index in [4.69, 9.17) is 4.74 Å². The Balaban J connectivity index is 2.13. The van der Waals surface area contributed by atoms with Crippen molar-refractivity contribution in [1.82, 2.24) is 0 Å². The first kappa shape index (κ1) is 10.2. The van der Waals surface area contributed by atoms with E-state index in [-0.39, 0.29) is 5.60 Å². The standard InChI is InChI=1S/C13H22O/c1-2-9-13-10-5-3-7-12(13)8-4-6-11-14-13/h2,12H,1,3-11H2. The van der Waals surface area contributed by atoms with E-state index in [2.05, 4.69) is 12.7 Å². The fourth-order valence-electron chi connectivity index (χ4n) is 3.22. The fourth-order valence-corrected chi connectivity index (χ4v) is 3.22. The van der Waals surface area contributed by atoms with E-state index in [0.717, 1.165) is 18.9 Å². The molecule has 2 rings (SSSR count). The lowest BCUT2D eigenvalue weighted by molar-refractivity contribution is -0.0968. The third kappa shape index (κ3) is 1.88. The first-order chi connectivity index (χ1) is 6.87. The van der Waals surface area contributed by atoms with Crippen LogP contribution in [0.1, 0.15) is 51.4 Å². The molecule has 2 atom stereocenters. The quantitative estimate of drug-likeness (QED) is 0.609. The van der Waals surface area contributed by atoms with Crippen LogP contribution in [0.15, 0.2) is 12.7 Å². The van der Waals surface area contributed by atoms with Gasteiger partial charge in [0.1, 0.15) is 0 Å². The molecule has 1 heterocycles. The molecule has 0 amide bonds. The Morgan fingerprint density at radius 2 is 2.00 bits per heavy atom. The van der Waals surface area contributed by atoms with Crippen LogP contribution in [0.3, 0.4) is 0 Å². The summed E-state index contributed by atoms with van der Waals surface area (Å²) in [5, 5.41) is 0. The Bertz CT molecular complexity index is 199. The molecule has 2 fully saturated rings. The first-order valence-electron chi connectivity index (χ1n) is 6.12. The molecule has 1 aliphatic carbocycles. The third-order valence-corrected chi connectivity index (χ3v) is 3.97. The average Bonchev–Trinajstić information content (AvgIpc) is 2.40. The molecule has 2 aliphatic rings. The summed E-state index contributed by atoms with van der Waals surface area (Å²) in [6, 6.07) is 0. The lowest BCUT2D eigenvalue weighted by atomic mass is 9.72. The zero-order valence-electron chi connectivity index (χ0n) is 9.13. The highest BCUT2D eigenvalue weighted by Gasteiger charge is 2.41. The third-order valence-electron chi connectivity index (χ3n) is 3.97. The van der Waals surface area contributed by atoms with Crippen molar-refractivity contribution in [2.45, 2.75) is 57.0 Å². The average molecular weight is 194 g/mol. The first-order valence-corrected chi connectivity index (χ1v) is 6.12. The number of ether oxygens (including phenoxy) is 1. The fraction of sp³-hybridized carbons (Fsp3) is 0.846. The second-order valence-electron chi connectivity index (χ2n) is 4.84. The SMILES string of the molecule is C=CCC12CCCCC1CCCCO2. The van der Waals surface area contributed by atoms with Crippen LogP contribution < -0.4 is 0 Å². The van der Waals surface area contributed by atoms with Gasteiger partial charge in [0.2, 0.25) is 0 Å². The van der Waals surface area contributed by atoms with Crippen molar-refractivity contribution in [3.8, 4) is 0 Å². The summed E-state index contributed by atoms with van der Waals surface area (Å²) in [7, 11) is 0. The smallest absolute Gasteiger partial charge is 0.0744 e. The minimum Gasteiger partial charge on any atom is -0.374 e. The minimum absolute atomic E-state index is 0.191. The molecular weight excluding hydrogens is 172 g/mol. The molecule has 14 heavy (non-hydrogen) atoms. The van der Waals surface area contributed by atoms with Gasteiger partial charge >= 0.3 is 0 Å². The van der Waals surface area contributed by atoms with Crippen LogP contribution >= 0.6 is 0 Å². The molecule has 0 spiro atoms. The zero-order chi connectivity index (χ0) is 9.86. The largest absolute Gasteiger partial charge is 0.374 e. The van der Waals surface area contributed by atoms with Crippen molar-refractivity contribution in [1.29, 1.82) is 0 Å². The summed E-state index contributed by atoms with van der Waals surface area (Å²) < 4.78 is 6.16. The van der Waals surface area contributed by atoms with Gasteiger partial charge in [-0.05, 0) is 38.0 Å². The summed E-state index contributed by atoms with van der Waals surface area (Å²) >= 11 is 0. The van der Waals surface area contributed by atoms with E-state index < -0.39 is 0 Å². The van der Waals surface area contributed by atoms with Crippen LogP contribution in [-0.4, -0.2) is 12.2 Å². The van der Waals surface area contributed by atoms with E-state index in [1.54, 1.807) is 0 Å². The summed E-state index contributed by atoms with van der Waals surface area (Å²) in [4.78, 5) is 0. The summed E-state index contributed by atoms with van der Waals surface area (Å²) in [5.74, 6) is 0.816. The van der Waals surface area contributed by atoms with Crippen LogP contribution in [0.25, 0.3) is 0 Å². The number of rotatable bonds is 2. The van der Waals surface area contributed by atoms with Crippen LogP contribution in [0, 0.1) is 5.92 Å². The molecule has 1 saturated heterocycles. The van der Waals surface area contributed by atoms with Crippen molar-refractivity contribution >= 4 is 0 Å². The molecular formula is C13H22O. The van der Waals surface area contributed by atoms with Crippen LogP contribution in [0.5, 0.6) is 0 Å². The highest BCUT2D eigenvalue weighted by Crippen LogP contribution is 2.43. The predicted molar refractivity (Wildman–Crippen MR) is 59.3 cm³/mol. The zero-order valence-corrected chi connectivity index (χ0v) is 9.13. The van der Waals surface area contributed by atoms with Crippen molar-refractivity contribution in [3.63, 3.8) is 0 Å². The van der Waals surface area contributed by atoms with Crippen LogP contribution in [0.4, 0.5) is 0 Å². The highest BCUT2D eigenvalue weighted by atomic mass is 16.5. The van der Waals surface area contributed by atoms with Crippen molar-refractivity contribution in [2.75, 3.05) is 6.61 Å². The van der Waals surface area contributed by atoms with Gasteiger partial charge in [0.05, 0.1) is 5.60 Å². The second-order valence-corrected chi connectivity index (χ2v) is 4.84. The Morgan fingerprint density at radius 3 is 2.79 bits per heavy atom. The molecule has 1 heteroatoms. The number of fused-ring (bicyclic) bond motifs is 1. The minimum atomic E-state index is 0.191. The van der Waals surface area contributed by atoms with E-state index in [1.807, 2.05) is 0 Å². The lowest BCUT2D eigenvalue weighted by Crippen LogP contribution is -2.42. The lowest BCUT2D eigenvalue weighted by Gasteiger charge is -2.42. The maximum absolute atomic E-state index is 6.16. The second kappa shape index (κ2) is 4.48. The van der Waals surface area contributed by atoms with Gasteiger partial charge in [0, 0.05) is 6.61 Å². The Morgan fingerprint density at radius 1 is 1.21 bits per heavy atom. The molecule has 0 aromatic carbocycles. The van der Waals surface area contributed by atoms with Gasteiger partial charge in [0.15, 0.2) is 0 Å². The van der Waals surface area contributed by atoms with Gasteiger partial charge in [-0.2, -0.15) is 0 Å². The van der Waals surface area contributed by atoms with Gasteiger partial charge in [-0.3, -0.25) is 0 Å². The molecule has 0 bridgehead atoms. The summed E-state index contributed by atoms with van der Waals surface area (Å²) in [5.41, 5.74) is 0.191. The molecule has 1 saturated carbocycles. The molecule has 80 valence electrons. The summed E-state index contributed by atoms with van der Waals surface area (Å²) in [6.07, 6.45) is 12.5. The van der Waals surface area contributed by atoms with E-state index >= 15 is 0 Å². The highest BCUT2D eigenvalue weighted by molar-refractivity contribution is 4.97. The maximum Gasteiger partial charge on any atom is 0.0744 e. The Labute approximate surface area is 87.5 Å². The van der Waals surface area contributed by atoms with Crippen LogP contribution in [0.2, 0.25) is 0 Å². The summed E-state index contributed by atoms with van der Waals surface area (Å²) in [6.45, 7) is 4.87. The monoisotopic (exact) mass is 194 g/mol. The van der Waals surface area contributed by atoms with Crippen molar-refractivity contribution in [3.05, 3.63) is 12.7 Å². The molecule has 0 radical (unpaired) electrons. The van der Waals surface area contributed by atoms with Crippen LogP contribution in [-0.2, 0) is 4.74 Å². The normalized spacial score (nSPS) is 38.4. The number of hydrogen-bond donors (Lipinski definition) is 0. The molecule has 0 N–H and O–H groups in total. The number of hydrogen-bond acceptors (Lipinski definition) is 1. The predicted octanol–water partition coefficient (Wildman–Crippen LogP) is 3.69. The van der Waals surface area contributed by atoms with E-state index in [0.29, 0.717) is 0 Å². The Hall–Kier alpha value is -0.300. The van der Waals surface area contributed by atoms with Gasteiger partial charge in [-0.25, -0.2) is 0 Å². The Kier molecular flexibility index (Phi) is 3.27. The van der Waals surface area contributed by atoms with Gasteiger partial charge in [-0.15, -0.1) is 6.58 Å². The molecule has 0 aromatic rings. The van der Waals surface area contributed by atoms with Gasteiger partial charge in [-0.1, -0.05) is 25.3 Å². The molecule has 1 nitrogen and oxygen atoms in total. The molecule has 2 unspecified atom stereocenters. The van der Waals surface area contributed by atoms with Gasteiger partial charge < -0.3 is 4.74 Å². The topological polar surface area (TPSA) is 9.23 Å². The van der Waals surface area contributed by atoms with E-state index in [1.165, 1.54) is 44.9 Å². The maximum atomic E-state index is 6.16. The van der Waals surface area contributed by atoms with Crippen molar-refractivity contribution < 1.29 is 4.74 Å². The van der Waals surface area contributed by atoms with Crippen molar-refractivity contribution in [2.24, 2.45) is 5.92 Å². The van der Waals surface area contributed by atoms with Gasteiger partial charge in [0.25, 0.3) is 0 Å².